The number of fused-ring (bicyclic) bond motifs is 2. The Kier molecular flexibility index (Phi) is 20.8. The minimum atomic E-state index is -4.60. The molecule has 0 saturated carbocycles. The molecule has 2 aliphatic heterocycles. The van der Waals surface area contributed by atoms with E-state index in [0.29, 0.717) is 110 Å². The van der Waals surface area contributed by atoms with E-state index < -0.39 is 88.0 Å². The first-order chi connectivity index (χ1) is 41.6. The third-order valence-electron chi connectivity index (χ3n) is 16.7. The van der Waals surface area contributed by atoms with Gasteiger partial charge in [0, 0.05) is 47.3 Å². The second kappa shape index (κ2) is 27.2. The van der Waals surface area contributed by atoms with Crippen LogP contribution >= 0.6 is 0 Å². The zero-order valence-electron chi connectivity index (χ0n) is 49.8. The summed E-state index contributed by atoms with van der Waals surface area (Å²) in [5, 5.41) is 22.0. The lowest BCUT2D eigenvalue weighted by Gasteiger charge is -2.27. The number of amides is 3. The van der Waals surface area contributed by atoms with Crippen LogP contribution in [0.4, 0.5) is 11.4 Å². The number of carbonyl (C=O) groups is 3. The Morgan fingerprint density at radius 2 is 1.36 bits per heavy atom. The fourth-order valence-corrected chi connectivity index (χ4v) is 14.0. The summed E-state index contributed by atoms with van der Waals surface area (Å²) in [7, 11) is -19.7. The predicted octanol–water partition coefficient (Wildman–Crippen LogP) is 8.04. The first-order valence-electron chi connectivity index (χ1n) is 29.1. The van der Waals surface area contributed by atoms with Crippen molar-refractivity contribution >= 4 is 82.3 Å². The number of nitrogens with one attached hydrogen (secondary N) is 3. The number of carbonyl (C=O) groups excluding carboxylic acids is 3. The highest BCUT2D eigenvalue weighted by molar-refractivity contribution is 7.86. The monoisotopic (exact) mass is 1300 g/mol. The third-order valence-corrected chi connectivity index (χ3v) is 20.0. The van der Waals surface area contributed by atoms with Gasteiger partial charge in [-0.25, -0.2) is 0 Å². The number of anilines is 2. The smallest absolute Gasteiger partial charge is 0.457 e. The van der Waals surface area contributed by atoms with E-state index >= 15 is 0 Å². The van der Waals surface area contributed by atoms with Gasteiger partial charge in [0.25, 0.3) is 46.4 Å². The lowest BCUT2D eigenvalue weighted by atomic mass is 9.78. The van der Waals surface area contributed by atoms with Crippen LogP contribution in [-0.2, 0) is 60.9 Å². The molecule has 0 radical (unpaired) electrons. The quantitative estimate of drug-likeness (QED) is 0.0131. The van der Waals surface area contributed by atoms with Gasteiger partial charge in [0.2, 0.25) is 11.8 Å². The summed E-state index contributed by atoms with van der Waals surface area (Å²) < 4.78 is 143. The van der Waals surface area contributed by atoms with Crippen molar-refractivity contribution in [2.75, 3.05) is 29.2 Å². The maximum Gasteiger partial charge on any atom is 0.475 e. The molecule has 0 bridgehead atoms. The van der Waals surface area contributed by atoms with E-state index in [4.69, 9.17) is 4.74 Å². The molecule has 2 atom stereocenters. The molecule has 23 nitrogen and oxygen atoms in total. The molecule has 1 saturated heterocycles. The Hall–Kier alpha value is -6.99. The van der Waals surface area contributed by atoms with Crippen LogP contribution in [0.2, 0.25) is 0 Å². The Morgan fingerprint density at radius 3 is 2.00 bits per heavy atom. The average Bonchev–Trinajstić information content (AvgIpc) is 1.84. The van der Waals surface area contributed by atoms with E-state index in [-0.39, 0.29) is 51.3 Å². The molecule has 4 aromatic carbocycles. The maximum atomic E-state index is 13.1. The van der Waals surface area contributed by atoms with Crippen LogP contribution in [-0.4, -0.2) is 122 Å². The van der Waals surface area contributed by atoms with Gasteiger partial charge in [0.15, 0.2) is 0 Å². The number of nitrogens with zero attached hydrogens (tertiary/aromatic N) is 2. The van der Waals surface area contributed by atoms with Crippen LogP contribution < -0.4 is 25.8 Å². The second-order valence-electron chi connectivity index (χ2n) is 23.6. The molecule has 0 unspecified atom stereocenters. The first-order valence-corrected chi connectivity index (χ1v) is 35.0. The van der Waals surface area contributed by atoms with Crippen LogP contribution in [0, 0.1) is 0 Å². The number of hydrogen-bond donors (Lipinski definition) is 9. The minimum Gasteiger partial charge on any atom is -0.457 e. The molecule has 28 heteroatoms. The van der Waals surface area contributed by atoms with Gasteiger partial charge < -0.3 is 29.9 Å². The molecule has 0 aromatic heterocycles. The van der Waals surface area contributed by atoms with Crippen LogP contribution in [0.5, 0.6) is 5.75 Å². The Balaban J connectivity index is 1.03. The molecular formula is C61H74BN5O18S4. The number of allylic oxidation sites excluding steroid dienone is 9. The number of rotatable bonds is 25. The van der Waals surface area contributed by atoms with Crippen molar-refractivity contribution < 1.29 is 81.1 Å². The highest BCUT2D eigenvalue weighted by atomic mass is 32.2. The Morgan fingerprint density at radius 1 is 0.719 bits per heavy atom. The fourth-order valence-electron chi connectivity index (χ4n) is 12.0. The maximum absolute atomic E-state index is 13.1. The SMILES string of the molecule is C[C@@H](NC(=O)c1ccc(NNC(=O)CCCCCC2=C(/C=C/C3=C(Oc4ccc(S(=O)(=O)O)cc4)C(=C/C=C4/N(CCCCS(=O)(=O)O)c5ccc(S(=O)(=O)O)cc5C4(C)C)/CCC3)C(C)(C)c3cc(S(=O)(=O)O)ccc32)cc1)C(=O)N1CCC[C@H]1B(O)O. The molecule has 4 aromatic rings. The molecule has 4 aliphatic rings. The van der Waals surface area contributed by atoms with Crippen LogP contribution in [0.25, 0.3) is 5.57 Å². The number of ether oxygens (including phenoxy) is 1. The van der Waals surface area contributed by atoms with E-state index in [9.17, 15) is 76.3 Å². The normalized spacial score (nSPS) is 18.8. The lowest BCUT2D eigenvalue weighted by Crippen LogP contribution is -2.52. The number of benzene rings is 4. The van der Waals surface area contributed by atoms with E-state index in [0.717, 1.165) is 22.3 Å². The van der Waals surface area contributed by atoms with Gasteiger partial charge in [0.05, 0.1) is 32.1 Å². The summed E-state index contributed by atoms with van der Waals surface area (Å²) in [6.45, 7) is 9.80. The van der Waals surface area contributed by atoms with Gasteiger partial charge >= 0.3 is 7.12 Å². The summed E-state index contributed by atoms with van der Waals surface area (Å²) in [5.41, 5.74) is 11.1. The van der Waals surface area contributed by atoms with Gasteiger partial charge in [-0.2, -0.15) is 33.7 Å². The fraction of sp³-hybridized carbons (Fsp3) is 0.393. The van der Waals surface area contributed by atoms with Crippen molar-refractivity contribution in [2.45, 2.75) is 149 Å². The average molecular weight is 1300 g/mol. The molecule has 89 heavy (non-hydrogen) atoms. The lowest BCUT2D eigenvalue weighted by molar-refractivity contribution is -0.132. The van der Waals surface area contributed by atoms with Crippen molar-refractivity contribution in [2.24, 2.45) is 0 Å². The van der Waals surface area contributed by atoms with Crippen LogP contribution in [0.15, 0.2) is 152 Å². The standard InChI is InChI=1S/C61H74BN5O18S4/c1-39(59(70)67-35-12-16-55(67)62(71)72)63-58(69)42-18-22-43(23-19-42)64-65-56(68)17-8-6-7-15-48-49-30-28-46(88(79,80)81)37-51(49)60(2,3)50(48)31-20-40-13-11-14-41(57(40)85-44-24-26-45(27-25-44)87(76,77)78)21-33-54-61(4,5)52-38-47(89(82,83)84)29-32-53(52)66(54)34-9-10-36-86(73,74)75/h18-33,37-39,55,64,71-72H,6-17,34-36H2,1-5H3,(H,63,69)(H,65,68)(H,73,74,75)(H,76,77,78)(H,79,80,81)(H,82,83,84)/b31-20+,41-21+,54-33+/t39-,55+/m1/s1. The predicted molar refractivity (Wildman–Crippen MR) is 335 cm³/mol. The molecular weight excluding hydrogens is 1230 g/mol. The highest BCUT2D eigenvalue weighted by Gasteiger charge is 2.42. The molecule has 8 rings (SSSR count). The van der Waals surface area contributed by atoms with E-state index in [1.54, 1.807) is 24.3 Å². The van der Waals surface area contributed by atoms with Gasteiger partial charge in [-0.1, -0.05) is 58.4 Å². The Labute approximate surface area is 519 Å². The summed E-state index contributed by atoms with van der Waals surface area (Å²) in [4.78, 5) is 41.4. The molecule has 9 N–H and O–H groups in total. The van der Waals surface area contributed by atoms with Gasteiger partial charge in [-0.15, -0.1) is 0 Å². The molecule has 3 amide bonds. The van der Waals surface area contributed by atoms with Gasteiger partial charge in [0.1, 0.15) is 17.6 Å². The molecule has 1 fully saturated rings. The van der Waals surface area contributed by atoms with Gasteiger partial charge in [-0.3, -0.25) is 43.4 Å². The van der Waals surface area contributed by atoms with Crippen LogP contribution in [0.3, 0.4) is 0 Å². The van der Waals surface area contributed by atoms with Crippen molar-refractivity contribution in [1.29, 1.82) is 0 Å². The van der Waals surface area contributed by atoms with Crippen molar-refractivity contribution in [3.63, 3.8) is 0 Å². The first kappa shape index (κ1) is 67.9. The van der Waals surface area contributed by atoms with E-state index in [2.05, 4.69) is 16.2 Å². The van der Waals surface area contributed by atoms with Crippen molar-refractivity contribution in [3.8, 4) is 5.75 Å². The largest absolute Gasteiger partial charge is 0.475 e. The molecule has 478 valence electrons. The summed E-state index contributed by atoms with van der Waals surface area (Å²) >= 11 is 0. The summed E-state index contributed by atoms with van der Waals surface area (Å²) in [5.74, 6) is -1.79. The topological polar surface area (TPSA) is 361 Å². The zero-order valence-corrected chi connectivity index (χ0v) is 53.1. The van der Waals surface area contributed by atoms with E-state index in [1.807, 2.05) is 56.9 Å². The van der Waals surface area contributed by atoms with E-state index in [1.165, 1.54) is 72.5 Å². The second-order valence-corrected chi connectivity index (χ2v) is 29.5. The van der Waals surface area contributed by atoms with Gasteiger partial charge in [-0.05, 0) is 195 Å². The summed E-state index contributed by atoms with van der Waals surface area (Å²) in [6.07, 6.45) is 13.1. The number of likely N-dealkylation sites (tertiary alicyclic amines) is 1. The highest BCUT2D eigenvalue weighted by Crippen LogP contribution is 2.51. The summed E-state index contributed by atoms with van der Waals surface area (Å²) in [6, 6.07) is 19.3. The zero-order chi connectivity index (χ0) is 65.0. The Bertz CT molecular complexity index is 4030. The molecule has 2 aliphatic carbocycles. The molecule has 0 spiro atoms. The van der Waals surface area contributed by atoms with Crippen molar-refractivity contribution in [1.82, 2.24) is 15.6 Å². The number of unbranched alkanes of at least 4 members (excludes halogenated alkanes) is 3. The third kappa shape index (κ3) is 16.3. The number of hydrogen-bond acceptors (Lipinski definition) is 16. The van der Waals surface area contributed by atoms with Crippen molar-refractivity contribution in [3.05, 3.63) is 160 Å². The van der Waals surface area contributed by atoms with Crippen LogP contribution in [0.1, 0.15) is 139 Å². The minimum absolute atomic E-state index is 0.120. The molecule has 2 heterocycles. The number of hydrazine groups is 1.